The lowest BCUT2D eigenvalue weighted by Gasteiger charge is -2.34. The van der Waals surface area contributed by atoms with Crippen LogP contribution in [-0.2, 0) is 24.3 Å². The van der Waals surface area contributed by atoms with Gasteiger partial charge in [-0.25, -0.2) is 4.98 Å². The summed E-state index contributed by atoms with van der Waals surface area (Å²) in [7, 11) is 0. The molecule has 1 amide bonds. The summed E-state index contributed by atoms with van der Waals surface area (Å²) in [6, 6.07) is 27.4. The van der Waals surface area contributed by atoms with Gasteiger partial charge in [-0.2, -0.15) is 0 Å². The molecule has 186 valence electrons. The second kappa shape index (κ2) is 11.3. The molecule has 0 atom stereocenters. The van der Waals surface area contributed by atoms with Crippen LogP contribution in [-0.4, -0.2) is 56.7 Å². The average molecular weight is 499 g/mol. The van der Waals surface area contributed by atoms with Crippen LogP contribution in [0.4, 0.5) is 0 Å². The highest BCUT2D eigenvalue weighted by atomic mass is 32.2. The number of rotatable bonds is 8. The predicted molar refractivity (Wildman–Crippen MR) is 148 cm³/mol. The summed E-state index contributed by atoms with van der Waals surface area (Å²) in [5, 5.41) is 0.559. The van der Waals surface area contributed by atoms with Crippen molar-refractivity contribution in [3.05, 3.63) is 95.8 Å². The van der Waals surface area contributed by atoms with Crippen molar-refractivity contribution in [2.45, 2.75) is 43.5 Å². The third-order valence-electron chi connectivity index (χ3n) is 6.66. The molecule has 0 unspecified atom stereocenters. The molecule has 0 bridgehead atoms. The summed E-state index contributed by atoms with van der Waals surface area (Å²) in [6.45, 7) is 9.25. The third-order valence-corrected chi connectivity index (χ3v) is 7.67. The zero-order valence-corrected chi connectivity index (χ0v) is 22.0. The van der Waals surface area contributed by atoms with E-state index in [-0.39, 0.29) is 5.91 Å². The summed E-state index contributed by atoms with van der Waals surface area (Å²) < 4.78 is 2.34. The second-order valence-corrected chi connectivity index (χ2v) is 11.4. The van der Waals surface area contributed by atoms with Gasteiger partial charge in [-0.3, -0.25) is 9.69 Å². The van der Waals surface area contributed by atoms with Crippen LogP contribution in [0.5, 0.6) is 0 Å². The molecule has 4 aromatic rings. The van der Waals surface area contributed by atoms with Crippen molar-refractivity contribution in [1.29, 1.82) is 0 Å². The quantitative estimate of drug-likeness (QED) is 0.302. The molecule has 3 aromatic carbocycles. The Labute approximate surface area is 218 Å². The van der Waals surface area contributed by atoms with E-state index in [1.54, 1.807) is 0 Å². The van der Waals surface area contributed by atoms with Crippen LogP contribution in [0.1, 0.15) is 30.8 Å². The van der Waals surface area contributed by atoms with Gasteiger partial charge in [0.15, 0.2) is 0 Å². The van der Waals surface area contributed by atoms with E-state index in [9.17, 15) is 4.79 Å². The third kappa shape index (κ3) is 6.00. The minimum absolute atomic E-state index is 0.218. The molecule has 0 radical (unpaired) electrons. The molecule has 6 heteroatoms. The Bertz CT molecular complexity index is 1290. The molecular formula is C30H34N4OS. The van der Waals surface area contributed by atoms with Crippen molar-refractivity contribution in [3.8, 4) is 0 Å². The van der Waals surface area contributed by atoms with Gasteiger partial charge in [0, 0.05) is 42.9 Å². The van der Waals surface area contributed by atoms with Gasteiger partial charge < -0.3 is 9.47 Å². The van der Waals surface area contributed by atoms with Crippen LogP contribution in [0.25, 0.3) is 11.0 Å². The fourth-order valence-corrected chi connectivity index (χ4v) is 5.63. The zero-order valence-electron chi connectivity index (χ0n) is 21.1. The minimum Gasteiger partial charge on any atom is -0.340 e. The smallest absolute Gasteiger partial charge is 0.227 e. The number of carbonyl (C=O) groups is 1. The maximum absolute atomic E-state index is 13.0. The molecule has 0 saturated carbocycles. The summed E-state index contributed by atoms with van der Waals surface area (Å²) >= 11 is 1.85. The van der Waals surface area contributed by atoms with Crippen molar-refractivity contribution in [3.63, 3.8) is 0 Å². The number of amides is 1. The maximum Gasteiger partial charge on any atom is 0.227 e. The number of thioether (sulfide) groups is 1. The molecule has 5 nitrogen and oxygen atoms in total. The van der Waals surface area contributed by atoms with Gasteiger partial charge in [0.05, 0.1) is 24.0 Å². The first-order chi connectivity index (χ1) is 17.5. The molecule has 1 aromatic heterocycles. The Morgan fingerprint density at radius 3 is 2.25 bits per heavy atom. The van der Waals surface area contributed by atoms with Crippen molar-refractivity contribution in [1.82, 2.24) is 19.4 Å². The van der Waals surface area contributed by atoms with Crippen LogP contribution < -0.4 is 0 Å². The number of fused-ring (bicyclic) bond motifs is 1. The van der Waals surface area contributed by atoms with Gasteiger partial charge in [0.2, 0.25) is 5.91 Å². The molecular weight excluding hydrogens is 464 g/mol. The minimum atomic E-state index is 0.218. The van der Waals surface area contributed by atoms with Gasteiger partial charge in [0.1, 0.15) is 5.82 Å². The summed E-state index contributed by atoms with van der Waals surface area (Å²) in [5.41, 5.74) is 4.57. The SMILES string of the molecule is CC(C)Sc1ccc(CC(=O)N2CCN(Cc3nc4ccccc4n3Cc3ccccc3)CC2)cc1. The van der Waals surface area contributed by atoms with Crippen LogP contribution in [0.15, 0.2) is 83.8 Å². The molecule has 1 aliphatic heterocycles. The highest BCUT2D eigenvalue weighted by Gasteiger charge is 2.23. The van der Waals surface area contributed by atoms with E-state index >= 15 is 0 Å². The summed E-state index contributed by atoms with van der Waals surface area (Å²) in [6.07, 6.45) is 0.472. The molecule has 36 heavy (non-hydrogen) atoms. The fraction of sp³-hybridized carbons (Fsp3) is 0.333. The van der Waals surface area contributed by atoms with Gasteiger partial charge in [-0.1, -0.05) is 68.4 Å². The number of nitrogens with zero attached hydrogens (tertiary/aromatic N) is 4. The van der Waals surface area contributed by atoms with Crippen molar-refractivity contribution in [2.75, 3.05) is 26.2 Å². The molecule has 0 aliphatic carbocycles. The molecule has 1 aliphatic rings. The van der Waals surface area contributed by atoms with E-state index in [1.165, 1.54) is 16.0 Å². The van der Waals surface area contributed by atoms with Crippen LogP contribution in [0.3, 0.4) is 0 Å². The number of hydrogen-bond acceptors (Lipinski definition) is 4. The van der Waals surface area contributed by atoms with Gasteiger partial charge in [-0.05, 0) is 35.4 Å². The lowest BCUT2D eigenvalue weighted by molar-refractivity contribution is -0.132. The largest absolute Gasteiger partial charge is 0.340 e. The maximum atomic E-state index is 13.0. The Morgan fingerprint density at radius 2 is 1.53 bits per heavy atom. The van der Waals surface area contributed by atoms with Gasteiger partial charge in [-0.15, -0.1) is 11.8 Å². The number of hydrogen-bond donors (Lipinski definition) is 0. The standard InChI is InChI=1S/C30H34N4OS/c1-23(2)36-26-14-12-24(13-15-26)20-30(35)33-18-16-32(17-19-33)22-29-31-27-10-6-7-11-28(27)34(29)21-25-8-4-3-5-9-25/h3-15,23H,16-22H2,1-2H3. The number of benzene rings is 3. The molecule has 2 heterocycles. The van der Waals surface area contributed by atoms with Crippen LogP contribution >= 0.6 is 11.8 Å². The monoisotopic (exact) mass is 498 g/mol. The van der Waals surface area contributed by atoms with Crippen molar-refractivity contribution >= 4 is 28.7 Å². The number of aromatic nitrogens is 2. The molecule has 0 spiro atoms. The Kier molecular flexibility index (Phi) is 7.73. The van der Waals surface area contributed by atoms with E-state index in [1.807, 2.05) is 22.7 Å². The van der Waals surface area contributed by atoms with E-state index < -0.39 is 0 Å². The lowest BCUT2D eigenvalue weighted by Crippen LogP contribution is -2.49. The lowest BCUT2D eigenvalue weighted by atomic mass is 10.1. The summed E-state index contributed by atoms with van der Waals surface area (Å²) in [4.78, 5) is 23.6. The molecule has 1 saturated heterocycles. The van der Waals surface area contributed by atoms with Crippen molar-refractivity contribution in [2.24, 2.45) is 0 Å². The van der Waals surface area contributed by atoms with Crippen molar-refractivity contribution < 1.29 is 4.79 Å². The highest BCUT2D eigenvalue weighted by molar-refractivity contribution is 7.99. The summed E-state index contributed by atoms with van der Waals surface area (Å²) in [5.74, 6) is 1.30. The zero-order chi connectivity index (χ0) is 24.9. The van der Waals surface area contributed by atoms with E-state index in [4.69, 9.17) is 4.98 Å². The van der Waals surface area contributed by atoms with Crippen LogP contribution in [0.2, 0.25) is 0 Å². The number of piperazine rings is 1. The highest BCUT2D eigenvalue weighted by Crippen LogP contribution is 2.23. The number of para-hydroxylation sites is 2. The van der Waals surface area contributed by atoms with E-state index in [2.05, 4.69) is 96.1 Å². The first kappa shape index (κ1) is 24.6. The topological polar surface area (TPSA) is 41.4 Å². The Balaban J connectivity index is 1.20. The van der Waals surface area contributed by atoms with Crippen LogP contribution in [0, 0.1) is 0 Å². The first-order valence-corrected chi connectivity index (χ1v) is 13.7. The average Bonchev–Trinajstić information content (AvgIpc) is 3.22. The fourth-order valence-electron chi connectivity index (χ4n) is 4.79. The molecule has 5 rings (SSSR count). The Hall–Kier alpha value is -3.09. The number of carbonyl (C=O) groups excluding carboxylic acids is 1. The Morgan fingerprint density at radius 1 is 0.833 bits per heavy atom. The number of imidazole rings is 1. The van der Waals surface area contributed by atoms with Gasteiger partial charge in [0.25, 0.3) is 0 Å². The normalized spacial score (nSPS) is 14.6. The van der Waals surface area contributed by atoms with E-state index in [0.29, 0.717) is 11.7 Å². The molecule has 0 N–H and O–H groups in total. The first-order valence-electron chi connectivity index (χ1n) is 12.8. The molecule has 1 fully saturated rings. The van der Waals surface area contributed by atoms with E-state index in [0.717, 1.165) is 56.2 Å². The second-order valence-electron chi connectivity index (χ2n) is 9.73. The predicted octanol–water partition coefficient (Wildman–Crippen LogP) is 5.47. The van der Waals surface area contributed by atoms with Gasteiger partial charge >= 0.3 is 0 Å².